The summed E-state index contributed by atoms with van der Waals surface area (Å²) in [4.78, 5) is 0. The van der Waals surface area contributed by atoms with Gasteiger partial charge in [-0.1, -0.05) is 12.7 Å². The maximum atomic E-state index is 11.1. The van der Waals surface area contributed by atoms with E-state index < -0.39 is 11.0 Å². The predicted molar refractivity (Wildman–Crippen MR) is 46.6 cm³/mol. The number of hydrogen-bond acceptors (Lipinski definition) is 1. The highest BCUT2D eigenvalue weighted by atomic mass is 32.2. The summed E-state index contributed by atoms with van der Waals surface area (Å²) >= 11 is 0. The number of hydrogen-bond donors (Lipinski definition) is 0. The molecule has 10 heavy (non-hydrogen) atoms. The van der Waals surface area contributed by atoms with Crippen molar-refractivity contribution < 1.29 is 4.21 Å². The van der Waals surface area contributed by atoms with Crippen LogP contribution in [0.5, 0.6) is 0 Å². The molecule has 3 heteroatoms. The Labute approximate surface area is 64.6 Å². The standard InChI is InChI=1S/C7H13NOS/c1-5-6-8-10(9)7(2,3)4/h5-6H,1H2,2-4H3. The number of nitrogens with zero attached hydrogens (tertiary/aromatic N) is 1. The van der Waals surface area contributed by atoms with E-state index in [1.54, 1.807) is 0 Å². The molecule has 0 saturated carbocycles. The second kappa shape index (κ2) is 3.66. The quantitative estimate of drug-likeness (QED) is 0.564. The van der Waals surface area contributed by atoms with Crippen LogP contribution in [-0.2, 0) is 11.0 Å². The van der Waals surface area contributed by atoms with Gasteiger partial charge in [0, 0.05) is 6.21 Å². The minimum absolute atomic E-state index is 0.264. The van der Waals surface area contributed by atoms with Crippen molar-refractivity contribution in [3.8, 4) is 0 Å². The van der Waals surface area contributed by atoms with Crippen LogP contribution in [-0.4, -0.2) is 15.2 Å². The van der Waals surface area contributed by atoms with E-state index in [9.17, 15) is 4.21 Å². The lowest BCUT2D eigenvalue weighted by Gasteiger charge is -2.12. The summed E-state index contributed by atoms with van der Waals surface area (Å²) in [5, 5.41) is 0. The summed E-state index contributed by atoms with van der Waals surface area (Å²) in [7, 11) is -1.14. The van der Waals surface area contributed by atoms with Crippen LogP contribution in [0.15, 0.2) is 17.1 Å². The summed E-state index contributed by atoms with van der Waals surface area (Å²) in [6.45, 7) is 9.07. The molecule has 0 aliphatic rings. The first-order chi connectivity index (χ1) is 4.48. The summed E-state index contributed by atoms with van der Waals surface area (Å²) < 4.78 is 14.6. The molecular weight excluding hydrogens is 146 g/mol. The van der Waals surface area contributed by atoms with Crippen molar-refractivity contribution in [1.29, 1.82) is 0 Å². The first-order valence-corrected chi connectivity index (χ1v) is 4.16. The van der Waals surface area contributed by atoms with E-state index in [0.29, 0.717) is 0 Å². The first kappa shape index (κ1) is 9.56. The Morgan fingerprint density at radius 1 is 1.50 bits per heavy atom. The molecule has 0 aromatic rings. The highest BCUT2D eigenvalue weighted by Gasteiger charge is 2.17. The molecule has 0 bridgehead atoms. The maximum Gasteiger partial charge on any atom is 0.144 e. The highest BCUT2D eigenvalue weighted by molar-refractivity contribution is 7.85. The second-order valence-electron chi connectivity index (χ2n) is 2.85. The van der Waals surface area contributed by atoms with Gasteiger partial charge < -0.3 is 0 Å². The van der Waals surface area contributed by atoms with Gasteiger partial charge in [-0.2, -0.15) is 4.40 Å². The predicted octanol–water partition coefficient (Wildman–Crippen LogP) is 1.71. The van der Waals surface area contributed by atoms with Crippen LogP contribution < -0.4 is 0 Å². The van der Waals surface area contributed by atoms with Gasteiger partial charge >= 0.3 is 0 Å². The molecule has 0 spiro atoms. The minimum Gasteiger partial charge on any atom is -0.234 e. The Morgan fingerprint density at radius 2 is 2.00 bits per heavy atom. The normalized spacial score (nSPS) is 15.5. The second-order valence-corrected chi connectivity index (χ2v) is 4.79. The zero-order valence-electron chi connectivity index (χ0n) is 6.63. The lowest BCUT2D eigenvalue weighted by atomic mass is 10.3. The zero-order chi connectivity index (χ0) is 8.20. The molecule has 1 unspecified atom stereocenters. The molecule has 0 fully saturated rings. The minimum atomic E-state index is -1.14. The Hall–Kier alpha value is -0.440. The van der Waals surface area contributed by atoms with E-state index >= 15 is 0 Å². The monoisotopic (exact) mass is 159 g/mol. The summed E-state index contributed by atoms with van der Waals surface area (Å²) in [6.07, 6.45) is 2.98. The Balaban J connectivity index is 4.11. The number of allylic oxidation sites excluding steroid dienone is 1. The molecule has 0 heterocycles. The van der Waals surface area contributed by atoms with Crippen LogP contribution >= 0.6 is 0 Å². The van der Waals surface area contributed by atoms with Crippen molar-refractivity contribution >= 4 is 17.2 Å². The van der Waals surface area contributed by atoms with E-state index in [1.165, 1.54) is 12.3 Å². The average molecular weight is 159 g/mol. The van der Waals surface area contributed by atoms with Crippen molar-refractivity contribution in [2.45, 2.75) is 25.5 Å². The third-order valence-corrected chi connectivity index (χ3v) is 2.15. The molecule has 0 aromatic carbocycles. The van der Waals surface area contributed by atoms with E-state index in [1.807, 2.05) is 20.8 Å². The van der Waals surface area contributed by atoms with Gasteiger partial charge in [-0.15, -0.1) is 0 Å². The molecule has 1 atom stereocenters. The van der Waals surface area contributed by atoms with Gasteiger partial charge in [-0.25, -0.2) is 4.21 Å². The van der Waals surface area contributed by atoms with E-state index in [0.717, 1.165) is 0 Å². The van der Waals surface area contributed by atoms with Crippen LogP contribution in [0.2, 0.25) is 0 Å². The van der Waals surface area contributed by atoms with E-state index in [4.69, 9.17) is 0 Å². The van der Waals surface area contributed by atoms with Gasteiger partial charge in [0.25, 0.3) is 0 Å². The summed E-state index contributed by atoms with van der Waals surface area (Å²) in [5.74, 6) is 0. The van der Waals surface area contributed by atoms with Crippen LogP contribution in [0.4, 0.5) is 0 Å². The smallest absolute Gasteiger partial charge is 0.144 e. The van der Waals surface area contributed by atoms with Crippen molar-refractivity contribution in [3.05, 3.63) is 12.7 Å². The Kier molecular flexibility index (Phi) is 3.50. The van der Waals surface area contributed by atoms with Crippen LogP contribution in [0.1, 0.15) is 20.8 Å². The fraction of sp³-hybridized carbons (Fsp3) is 0.571. The van der Waals surface area contributed by atoms with E-state index in [2.05, 4.69) is 11.0 Å². The van der Waals surface area contributed by atoms with Crippen LogP contribution in [0.3, 0.4) is 0 Å². The molecule has 58 valence electrons. The van der Waals surface area contributed by atoms with Crippen molar-refractivity contribution in [2.75, 3.05) is 0 Å². The van der Waals surface area contributed by atoms with Gasteiger partial charge in [0.1, 0.15) is 11.0 Å². The summed E-state index contributed by atoms with van der Waals surface area (Å²) in [6, 6.07) is 0. The zero-order valence-corrected chi connectivity index (χ0v) is 7.44. The molecule has 0 N–H and O–H groups in total. The lowest BCUT2D eigenvalue weighted by molar-refractivity contribution is 0.651. The molecule has 0 rings (SSSR count). The van der Waals surface area contributed by atoms with Gasteiger partial charge in [0.15, 0.2) is 0 Å². The van der Waals surface area contributed by atoms with Gasteiger partial charge in [0.05, 0.1) is 4.75 Å². The molecule has 0 amide bonds. The fourth-order valence-corrected chi connectivity index (χ4v) is 0.769. The lowest BCUT2D eigenvalue weighted by Crippen LogP contribution is -2.19. The van der Waals surface area contributed by atoms with Crippen molar-refractivity contribution in [2.24, 2.45) is 4.40 Å². The molecule has 2 nitrogen and oxygen atoms in total. The van der Waals surface area contributed by atoms with Gasteiger partial charge in [-0.3, -0.25) is 0 Å². The molecule has 0 radical (unpaired) electrons. The van der Waals surface area contributed by atoms with E-state index in [-0.39, 0.29) is 4.75 Å². The molecule has 0 aliphatic carbocycles. The Bertz CT molecular complexity index is 167. The van der Waals surface area contributed by atoms with Crippen LogP contribution in [0.25, 0.3) is 0 Å². The molecular formula is C7H13NOS. The summed E-state index contributed by atoms with van der Waals surface area (Å²) in [5.41, 5.74) is 0. The van der Waals surface area contributed by atoms with Gasteiger partial charge in [0.2, 0.25) is 0 Å². The molecule has 0 aromatic heterocycles. The SMILES string of the molecule is C=CC=NS(=O)C(C)(C)C. The third kappa shape index (κ3) is 3.56. The Morgan fingerprint density at radius 3 is 2.30 bits per heavy atom. The third-order valence-electron chi connectivity index (χ3n) is 0.786. The molecule has 0 saturated heterocycles. The largest absolute Gasteiger partial charge is 0.234 e. The van der Waals surface area contributed by atoms with Gasteiger partial charge in [-0.05, 0) is 20.8 Å². The first-order valence-electron chi connectivity index (χ1n) is 3.05. The van der Waals surface area contributed by atoms with Crippen LogP contribution in [0, 0.1) is 0 Å². The van der Waals surface area contributed by atoms with Crippen molar-refractivity contribution in [1.82, 2.24) is 0 Å². The average Bonchev–Trinajstić information content (AvgIpc) is 1.80. The highest BCUT2D eigenvalue weighted by Crippen LogP contribution is 2.11. The number of rotatable bonds is 2. The molecule has 0 aliphatic heterocycles. The van der Waals surface area contributed by atoms with Crippen molar-refractivity contribution in [3.63, 3.8) is 0 Å². The fourth-order valence-electron chi connectivity index (χ4n) is 0.256. The maximum absolute atomic E-state index is 11.1. The topological polar surface area (TPSA) is 29.4 Å².